The number of carbonyl (C=O) groups is 2. The van der Waals surface area contributed by atoms with Gasteiger partial charge in [-0.1, -0.05) is 12.7 Å². The highest BCUT2D eigenvalue weighted by molar-refractivity contribution is 6.09. The SMILES string of the molecule is C=C(/C=C\C=N)/C(C)=C1\N=C(NC(=O)c2ccc(C(=O)N(C)C)cc2)C\C1=C(\C)OC. The third-order valence-electron chi connectivity index (χ3n) is 4.90. The molecule has 1 aromatic rings. The van der Waals surface area contributed by atoms with E-state index in [-0.39, 0.29) is 11.8 Å². The quantitative estimate of drug-likeness (QED) is 0.415. The average Bonchev–Trinajstić information content (AvgIpc) is 3.19. The lowest BCUT2D eigenvalue weighted by atomic mass is 10.0. The molecule has 0 saturated heterocycles. The highest BCUT2D eigenvalue weighted by atomic mass is 16.5. The second kappa shape index (κ2) is 10.3. The van der Waals surface area contributed by atoms with Gasteiger partial charge in [-0.05, 0) is 55.3 Å². The van der Waals surface area contributed by atoms with E-state index < -0.39 is 0 Å². The fourth-order valence-electron chi connectivity index (χ4n) is 2.96. The minimum atomic E-state index is -0.307. The van der Waals surface area contributed by atoms with Gasteiger partial charge in [0.15, 0.2) is 0 Å². The van der Waals surface area contributed by atoms with Crippen molar-refractivity contribution in [1.82, 2.24) is 10.2 Å². The largest absolute Gasteiger partial charge is 0.501 e. The Kier molecular flexibility index (Phi) is 7.85. The normalized spacial score (nSPS) is 16.5. The lowest BCUT2D eigenvalue weighted by Gasteiger charge is -2.10. The average molecular weight is 421 g/mol. The number of benzene rings is 1. The third-order valence-corrected chi connectivity index (χ3v) is 4.90. The van der Waals surface area contributed by atoms with Gasteiger partial charge in [-0.15, -0.1) is 0 Å². The zero-order valence-electron chi connectivity index (χ0n) is 18.6. The summed E-state index contributed by atoms with van der Waals surface area (Å²) in [5, 5.41) is 9.99. The van der Waals surface area contributed by atoms with E-state index in [4.69, 9.17) is 10.1 Å². The standard InChI is InChI=1S/C24H28N4O3/c1-15(8-7-13-25)16(2)22-20(17(3)31-6)14-21(26-22)27-23(29)18-9-11-19(12-10-18)24(30)28(4)5/h7-13,25H,1,14H2,2-6H3,(H,26,27,29)/b8-7-,20-17+,22-16-,25-13?. The zero-order chi connectivity index (χ0) is 23.1. The highest BCUT2D eigenvalue weighted by Crippen LogP contribution is 2.32. The number of allylic oxidation sites excluding steroid dienone is 6. The Labute approximate surface area is 183 Å². The molecule has 0 bridgehead atoms. The molecule has 2 N–H and O–H groups in total. The molecule has 0 fully saturated rings. The molecular weight excluding hydrogens is 392 g/mol. The highest BCUT2D eigenvalue weighted by Gasteiger charge is 2.24. The number of carbonyl (C=O) groups excluding carboxylic acids is 2. The summed E-state index contributed by atoms with van der Waals surface area (Å²) in [4.78, 5) is 30.8. The number of nitrogens with zero attached hydrogens (tertiary/aromatic N) is 2. The van der Waals surface area contributed by atoms with Crippen LogP contribution in [-0.4, -0.2) is 50.0 Å². The summed E-state index contributed by atoms with van der Waals surface area (Å²) in [6, 6.07) is 6.49. The van der Waals surface area contributed by atoms with Crippen LogP contribution in [0.5, 0.6) is 0 Å². The molecular formula is C24H28N4O3. The summed E-state index contributed by atoms with van der Waals surface area (Å²) >= 11 is 0. The van der Waals surface area contributed by atoms with E-state index in [1.54, 1.807) is 57.6 Å². The minimum Gasteiger partial charge on any atom is -0.501 e. The van der Waals surface area contributed by atoms with Crippen molar-refractivity contribution in [3.05, 3.63) is 82.3 Å². The number of amides is 2. The van der Waals surface area contributed by atoms with Crippen LogP contribution in [0.1, 0.15) is 41.0 Å². The van der Waals surface area contributed by atoms with Gasteiger partial charge in [0.2, 0.25) is 0 Å². The summed E-state index contributed by atoms with van der Waals surface area (Å²) in [6.45, 7) is 7.76. The molecule has 1 aliphatic rings. The van der Waals surface area contributed by atoms with Crippen LogP contribution in [-0.2, 0) is 4.74 Å². The molecule has 1 heterocycles. The number of nitrogens with one attached hydrogen (secondary N) is 2. The van der Waals surface area contributed by atoms with Crippen molar-refractivity contribution in [2.45, 2.75) is 20.3 Å². The molecule has 0 spiro atoms. The molecule has 7 nitrogen and oxygen atoms in total. The molecule has 7 heteroatoms. The Bertz CT molecular complexity index is 1030. The van der Waals surface area contributed by atoms with Gasteiger partial charge in [0, 0.05) is 43.4 Å². The number of amidine groups is 1. The second-order valence-corrected chi connectivity index (χ2v) is 7.23. The molecule has 2 amide bonds. The van der Waals surface area contributed by atoms with E-state index in [2.05, 4.69) is 16.9 Å². The maximum Gasteiger partial charge on any atom is 0.256 e. The Morgan fingerprint density at radius 2 is 1.81 bits per heavy atom. The van der Waals surface area contributed by atoms with Crippen molar-refractivity contribution in [3.8, 4) is 0 Å². The predicted octanol–water partition coefficient (Wildman–Crippen LogP) is 3.88. The van der Waals surface area contributed by atoms with Gasteiger partial charge in [0.1, 0.15) is 5.84 Å². The number of hydrogen-bond donors (Lipinski definition) is 2. The Hall–Kier alpha value is -3.74. The molecule has 0 radical (unpaired) electrons. The monoisotopic (exact) mass is 420 g/mol. The number of hydrogen-bond acceptors (Lipinski definition) is 5. The van der Waals surface area contributed by atoms with E-state index in [9.17, 15) is 9.59 Å². The topological polar surface area (TPSA) is 94.8 Å². The molecule has 0 aromatic heterocycles. The second-order valence-electron chi connectivity index (χ2n) is 7.23. The third kappa shape index (κ3) is 5.66. The van der Waals surface area contributed by atoms with Gasteiger partial charge in [0.25, 0.3) is 11.8 Å². The summed E-state index contributed by atoms with van der Waals surface area (Å²) in [5.41, 5.74) is 4.06. The first kappa shape index (κ1) is 23.5. The summed E-state index contributed by atoms with van der Waals surface area (Å²) in [5.74, 6) is 0.777. The maximum atomic E-state index is 12.7. The van der Waals surface area contributed by atoms with Crippen LogP contribution < -0.4 is 5.32 Å². The molecule has 0 atom stereocenters. The van der Waals surface area contributed by atoms with Crippen LogP contribution in [0, 0.1) is 5.41 Å². The zero-order valence-corrected chi connectivity index (χ0v) is 18.6. The summed E-state index contributed by atoms with van der Waals surface area (Å²) in [7, 11) is 4.94. The summed E-state index contributed by atoms with van der Waals surface area (Å²) in [6.07, 6.45) is 4.92. The van der Waals surface area contributed by atoms with E-state index in [0.29, 0.717) is 34.8 Å². The Balaban J connectivity index is 2.29. The van der Waals surface area contributed by atoms with E-state index >= 15 is 0 Å². The van der Waals surface area contributed by atoms with Gasteiger partial charge in [-0.25, -0.2) is 4.99 Å². The first-order valence-electron chi connectivity index (χ1n) is 9.71. The lowest BCUT2D eigenvalue weighted by molar-refractivity contribution is 0.0826. The minimum absolute atomic E-state index is 0.125. The first-order valence-corrected chi connectivity index (χ1v) is 9.71. The van der Waals surface area contributed by atoms with Gasteiger partial charge < -0.3 is 20.4 Å². The van der Waals surface area contributed by atoms with Crippen LogP contribution in [0.25, 0.3) is 0 Å². The number of rotatable bonds is 6. The molecule has 2 rings (SSSR count). The fraction of sp³-hybridized carbons (Fsp3) is 0.250. The number of ether oxygens (including phenoxy) is 1. The number of aliphatic imine (C=N–C) groups is 1. The van der Waals surface area contributed by atoms with E-state index in [0.717, 1.165) is 16.7 Å². The predicted molar refractivity (Wildman–Crippen MR) is 123 cm³/mol. The first-order chi connectivity index (χ1) is 14.7. The Morgan fingerprint density at radius 3 is 2.35 bits per heavy atom. The Morgan fingerprint density at radius 1 is 1.19 bits per heavy atom. The van der Waals surface area contributed by atoms with Crippen molar-refractivity contribution in [2.75, 3.05) is 21.2 Å². The van der Waals surface area contributed by atoms with Crippen LogP contribution in [0.4, 0.5) is 0 Å². The van der Waals surface area contributed by atoms with Crippen molar-refractivity contribution in [1.29, 1.82) is 5.41 Å². The molecule has 162 valence electrons. The molecule has 31 heavy (non-hydrogen) atoms. The summed E-state index contributed by atoms with van der Waals surface area (Å²) < 4.78 is 5.41. The maximum absolute atomic E-state index is 12.7. The lowest BCUT2D eigenvalue weighted by Crippen LogP contribution is -2.29. The van der Waals surface area contributed by atoms with Crippen LogP contribution in [0.15, 0.2) is 76.2 Å². The van der Waals surface area contributed by atoms with Gasteiger partial charge in [-0.2, -0.15) is 0 Å². The van der Waals surface area contributed by atoms with Crippen molar-refractivity contribution < 1.29 is 14.3 Å². The van der Waals surface area contributed by atoms with Gasteiger partial charge >= 0.3 is 0 Å². The van der Waals surface area contributed by atoms with Gasteiger partial charge in [-0.3, -0.25) is 9.59 Å². The number of methoxy groups -OCH3 is 1. The smallest absolute Gasteiger partial charge is 0.256 e. The van der Waals surface area contributed by atoms with Crippen molar-refractivity contribution in [2.24, 2.45) is 4.99 Å². The van der Waals surface area contributed by atoms with Gasteiger partial charge in [0.05, 0.1) is 18.6 Å². The van der Waals surface area contributed by atoms with Crippen LogP contribution in [0.3, 0.4) is 0 Å². The van der Waals surface area contributed by atoms with E-state index in [1.165, 1.54) is 11.1 Å². The van der Waals surface area contributed by atoms with Crippen LogP contribution >= 0.6 is 0 Å². The molecule has 0 saturated carbocycles. The van der Waals surface area contributed by atoms with Crippen LogP contribution in [0.2, 0.25) is 0 Å². The fourth-order valence-corrected chi connectivity index (χ4v) is 2.96. The molecule has 0 aliphatic carbocycles. The van der Waals surface area contributed by atoms with Crippen molar-refractivity contribution >= 4 is 23.9 Å². The molecule has 0 unspecified atom stereocenters. The van der Waals surface area contributed by atoms with Crippen molar-refractivity contribution in [3.63, 3.8) is 0 Å². The van der Waals surface area contributed by atoms with E-state index in [1.807, 2.05) is 13.8 Å². The molecule has 1 aromatic carbocycles. The molecule has 1 aliphatic heterocycles.